The van der Waals surface area contributed by atoms with Crippen LogP contribution in [0.3, 0.4) is 0 Å². The number of hydrogen-bond donors (Lipinski definition) is 0. The Bertz CT molecular complexity index is 1390. The molecule has 180 valence electrons. The SMILES string of the molecule is Cc1cccn2c(=O)c(C=C3SC(=S)N(Cc4ccccc4)C3=O)c(N3CC(C)CC(C)C3)nc12. The lowest BCUT2D eigenvalue weighted by Gasteiger charge is -2.36. The first-order valence-electron chi connectivity index (χ1n) is 11.9. The molecule has 2 fully saturated rings. The van der Waals surface area contributed by atoms with Crippen LogP contribution in [0.2, 0.25) is 0 Å². The van der Waals surface area contributed by atoms with E-state index < -0.39 is 0 Å². The van der Waals surface area contributed by atoms with E-state index in [4.69, 9.17) is 17.2 Å². The predicted octanol–water partition coefficient (Wildman–Crippen LogP) is 4.89. The summed E-state index contributed by atoms with van der Waals surface area (Å²) in [6.45, 7) is 8.49. The van der Waals surface area contributed by atoms with E-state index >= 15 is 0 Å². The summed E-state index contributed by atoms with van der Waals surface area (Å²) in [4.78, 5) is 36.3. The fourth-order valence-corrected chi connectivity index (χ4v) is 6.27. The Labute approximate surface area is 214 Å². The van der Waals surface area contributed by atoms with E-state index in [1.807, 2.05) is 49.4 Å². The molecule has 0 aliphatic carbocycles. The average Bonchev–Trinajstić information content (AvgIpc) is 3.08. The van der Waals surface area contributed by atoms with Gasteiger partial charge in [-0.05, 0) is 48.4 Å². The van der Waals surface area contributed by atoms with E-state index in [0.29, 0.717) is 44.6 Å². The highest BCUT2D eigenvalue weighted by Gasteiger charge is 2.33. The molecule has 5 rings (SSSR count). The average molecular weight is 505 g/mol. The number of carbonyl (C=O) groups is 1. The minimum Gasteiger partial charge on any atom is -0.355 e. The third kappa shape index (κ3) is 4.65. The van der Waals surface area contributed by atoms with Crippen LogP contribution in [-0.2, 0) is 11.3 Å². The quantitative estimate of drug-likeness (QED) is 0.373. The molecule has 0 radical (unpaired) electrons. The Kier molecular flexibility index (Phi) is 6.51. The summed E-state index contributed by atoms with van der Waals surface area (Å²) in [6.07, 6.45) is 4.59. The third-order valence-corrected chi connectivity index (χ3v) is 7.94. The number of benzene rings is 1. The first kappa shape index (κ1) is 23.8. The van der Waals surface area contributed by atoms with Crippen LogP contribution in [-0.4, -0.2) is 37.6 Å². The molecule has 3 aromatic rings. The lowest BCUT2D eigenvalue weighted by atomic mass is 9.91. The van der Waals surface area contributed by atoms with Crippen LogP contribution >= 0.6 is 24.0 Å². The molecule has 6 nitrogen and oxygen atoms in total. The summed E-state index contributed by atoms with van der Waals surface area (Å²) >= 11 is 6.79. The number of aryl methyl sites for hydroxylation is 1. The van der Waals surface area contributed by atoms with E-state index in [1.54, 1.807) is 21.6 Å². The number of rotatable bonds is 4. The number of nitrogens with zero attached hydrogens (tertiary/aromatic N) is 4. The molecule has 0 spiro atoms. The zero-order valence-electron chi connectivity index (χ0n) is 20.1. The minimum absolute atomic E-state index is 0.173. The minimum atomic E-state index is -0.177. The van der Waals surface area contributed by atoms with Crippen LogP contribution < -0.4 is 10.5 Å². The number of thiocarbonyl (C=S) groups is 1. The number of fused-ring (bicyclic) bond motifs is 1. The Morgan fingerprint density at radius 1 is 1.09 bits per heavy atom. The first-order valence-corrected chi connectivity index (χ1v) is 13.1. The van der Waals surface area contributed by atoms with Gasteiger partial charge in [0.15, 0.2) is 0 Å². The molecule has 0 saturated carbocycles. The van der Waals surface area contributed by atoms with Crippen LogP contribution in [0, 0.1) is 18.8 Å². The third-order valence-electron chi connectivity index (χ3n) is 6.57. The normalized spacial score (nSPS) is 22.0. The Morgan fingerprint density at radius 2 is 1.80 bits per heavy atom. The van der Waals surface area contributed by atoms with Gasteiger partial charge in [0.2, 0.25) is 0 Å². The second-order valence-corrected chi connectivity index (χ2v) is 11.3. The number of piperidine rings is 1. The predicted molar refractivity (Wildman–Crippen MR) is 147 cm³/mol. The fourth-order valence-electron chi connectivity index (χ4n) is 5.04. The molecule has 4 heterocycles. The number of anilines is 1. The Morgan fingerprint density at radius 3 is 2.51 bits per heavy atom. The molecule has 2 atom stereocenters. The number of carbonyl (C=O) groups excluding carboxylic acids is 1. The van der Waals surface area contributed by atoms with Crippen LogP contribution in [0.15, 0.2) is 58.4 Å². The van der Waals surface area contributed by atoms with Gasteiger partial charge in [-0.25, -0.2) is 4.98 Å². The summed E-state index contributed by atoms with van der Waals surface area (Å²) < 4.78 is 2.07. The summed E-state index contributed by atoms with van der Waals surface area (Å²) in [5, 5.41) is 0. The zero-order chi connectivity index (χ0) is 24.7. The van der Waals surface area contributed by atoms with Crippen molar-refractivity contribution in [3.63, 3.8) is 0 Å². The van der Waals surface area contributed by atoms with Gasteiger partial charge in [-0.15, -0.1) is 0 Å². The van der Waals surface area contributed by atoms with Crippen molar-refractivity contribution in [2.45, 2.75) is 33.7 Å². The van der Waals surface area contributed by atoms with Crippen LogP contribution in [0.1, 0.15) is 37.0 Å². The number of aromatic nitrogens is 2. The maximum absolute atomic E-state index is 13.7. The van der Waals surface area contributed by atoms with E-state index in [2.05, 4.69) is 18.7 Å². The topological polar surface area (TPSA) is 57.9 Å². The van der Waals surface area contributed by atoms with Crippen LogP contribution in [0.5, 0.6) is 0 Å². The summed E-state index contributed by atoms with van der Waals surface area (Å²) in [7, 11) is 0. The molecule has 0 bridgehead atoms. The second kappa shape index (κ2) is 9.59. The monoisotopic (exact) mass is 504 g/mol. The number of hydrogen-bond acceptors (Lipinski definition) is 6. The number of amides is 1. The van der Waals surface area contributed by atoms with Crippen molar-refractivity contribution in [3.8, 4) is 0 Å². The smallest absolute Gasteiger partial charge is 0.267 e. The molecular weight excluding hydrogens is 476 g/mol. The van der Waals surface area contributed by atoms with Crippen molar-refractivity contribution in [3.05, 3.63) is 80.6 Å². The van der Waals surface area contributed by atoms with Crippen LogP contribution in [0.4, 0.5) is 5.82 Å². The molecular formula is C27H28N4O2S2. The maximum atomic E-state index is 13.7. The molecule has 8 heteroatoms. The molecule has 35 heavy (non-hydrogen) atoms. The molecule has 2 aliphatic heterocycles. The Balaban J connectivity index is 1.60. The Hall–Kier alpha value is -2.97. The molecule has 2 unspecified atom stereocenters. The largest absolute Gasteiger partial charge is 0.355 e. The molecule has 2 aromatic heterocycles. The molecule has 2 saturated heterocycles. The van der Waals surface area contributed by atoms with E-state index in [0.717, 1.165) is 30.6 Å². The van der Waals surface area contributed by atoms with Crippen molar-refractivity contribution >= 4 is 51.7 Å². The summed E-state index contributed by atoms with van der Waals surface area (Å²) in [5.41, 5.74) is 2.85. The molecule has 1 aromatic carbocycles. The van der Waals surface area contributed by atoms with Crippen molar-refractivity contribution in [1.29, 1.82) is 0 Å². The summed E-state index contributed by atoms with van der Waals surface area (Å²) in [5.74, 6) is 1.46. The van der Waals surface area contributed by atoms with Gasteiger partial charge in [0, 0.05) is 19.3 Å². The van der Waals surface area contributed by atoms with Gasteiger partial charge in [0.25, 0.3) is 11.5 Å². The first-order chi connectivity index (χ1) is 16.8. The lowest BCUT2D eigenvalue weighted by molar-refractivity contribution is -0.122. The summed E-state index contributed by atoms with van der Waals surface area (Å²) in [6, 6.07) is 13.6. The second-order valence-electron chi connectivity index (χ2n) is 9.64. The molecule has 2 aliphatic rings. The highest BCUT2D eigenvalue weighted by atomic mass is 32.2. The van der Waals surface area contributed by atoms with Gasteiger partial charge in [-0.3, -0.25) is 18.9 Å². The maximum Gasteiger partial charge on any atom is 0.267 e. The standard InChI is InChI=1S/C27H28N4O2S2/c1-17-12-18(2)15-29(14-17)24-21(25(32)30-11-7-8-19(3)23(30)28-24)13-22-26(33)31(27(34)35-22)16-20-9-5-4-6-10-20/h4-11,13,17-18H,12,14-16H2,1-3H3. The molecule has 0 N–H and O–H groups in total. The van der Waals surface area contributed by atoms with E-state index in [1.165, 1.54) is 11.8 Å². The van der Waals surface area contributed by atoms with Crippen molar-refractivity contribution < 1.29 is 4.79 Å². The lowest BCUT2D eigenvalue weighted by Crippen LogP contribution is -2.40. The van der Waals surface area contributed by atoms with Gasteiger partial charge < -0.3 is 4.90 Å². The van der Waals surface area contributed by atoms with Gasteiger partial charge in [0.05, 0.1) is 17.0 Å². The van der Waals surface area contributed by atoms with Crippen molar-refractivity contribution in [2.24, 2.45) is 11.8 Å². The molecule has 1 amide bonds. The van der Waals surface area contributed by atoms with E-state index in [9.17, 15) is 9.59 Å². The van der Waals surface area contributed by atoms with E-state index in [-0.39, 0.29) is 11.5 Å². The van der Waals surface area contributed by atoms with Gasteiger partial charge in [-0.1, -0.05) is 74.2 Å². The highest BCUT2D eigenvalue weighted by molar-refractivity contribution is 8.26. The van der Waals surface area contributed by atoms with Gasteiger partial charge in [-0.2, -0.15) is 0 Å². The highest BCUT2D eigenvalue weighted by Crippen LogP contribution is 2.35. The zero-order valence-corrected chi connectivity index (χ0v) is 21.7. The fraction of sp³-hybridized carbons (Fsp3) is 0.333. The number of pyridine rings is 1. The number of thioether (sulfide) groups is 1. The van der Waals surface area contributed by atoms with Gasteiger partial charge in [0.1, 0.15) is 15.8 Å². The van der Waals surface area contributed by atoms with Crippen molar-refractivity contribution in [1.82, 2.24) is 14.3 Å². The van der Waals surface area contributed by atoms with Gasteiger partial charge >= 0.3 is 0 Å². The van der Waals surface area contributed by atoms with Crippen LogP contribution in [0.25, 0.3) is 11.7 Å². The van der Waals surface area contributed by atoms with Crippen molar-refractivity contribution in [2.75, 3.05) is 18.0 Å².